The van der Waals surface area contributed by atoms with Crippen LogP contribution in [0.4, 0.5) is 4.39 Å². The summed E-state index contributed by atoms with van der Waals surface area (Å²) in [6, 6.07) is 17.4. The fourth-order valence-electron chi connectivity index (χ4n) is 5.11. The van der Waals surface area contributed by atoms with Gasteiger partial charge in [0, 0.05) is 36.4 Å². The quantitative estimate of drug-likeness (QED) is 0.398. The number of nitrogens with zero attached hydrogens (tertiary/aromatic N) is 2. The molecule has 0 radical (unpaired) electrons. The summed E-state index contributed by atoms with van der Waals surface area (Å²) in [6.07, 6.45) is 4.47. The highest BCUT2D eigenvalue weighted by Crippen LogP contribution is 2.38. The molecule has 1 aliphatic carbocycles. The van der Waals surface area contributed by atoms with Crippen LogP contribution in [0.3, 0.4) is 0 Å². The highest BCUT2D eigenvalue weighted by molar-refractivity contribution is 5.84. The molecule has 1 aliphatic rings. The Labute approximate surface area is 205 Å². The molecular weight excluding hydrogens is 447 g/mol. The van der Waals surface area contributed by atoms with E-state index >= 15 is 0 Å². The molecule has 6 nitrogen and oxygen atoms in total. The molecule has 1 heterocycles. The van der Waals surface area contributed by atoms with E-state index in [0.29, 0.717) is 30.4 Å². The highest BCUT2D eigenvalue weighted by Gasteiger charge is 2.26. The Morgan fingerprint density at radius 3 is 2.40 bits per heavy atom. The van der Waals surface area contributed by atoms with E-state index in [-0.39, 0.29) is 13.2 Å². The number of hydrogen-bond donors (Lipinski definition) is 2. The van der Waals surface area contributed by atoms with Crippen molar-refractivity contribution in [3.8, 4) is 22.4 Å². The molecule has 1 saturated carbocycles. The molecule has 4 rings (SSSR count). The highest BCUT2D eigenvalue weighted by atomic mass is 19.1. The zero-order valence-corrected chi connectivity index (χ0v) is 19.9. The summed E-state index contributed by atoms with van der Waals surface area (Å²) in [5.74, 6) is -0.129. The van der Waals surface area contributed by atoms with Gasteiger partial charge in [0.2, 0.25) is 0 Å². The number of rotatable bonds is 11. The summed E-state index contributed by atoms with van der Waals surface area (Å²) >= 11 is 0. The van der Waals surface area contributed by atoms with Gasteiger partial charge in [0.25, 0.3) is 0 Å². The first-order valence-electron chi connectivity index (χ1n) is 12.3. The largest absolute Gasteiger partial charge is 0.480 e. The van der Waals surface area contributed by atoms with Crippen LogP contribution >= 0.6 is 0 Å². The number of aromatic nitrogens is 2. The molecule has 3 aromatic rings. The third-order valence-electron chi connectivity index (χ3n) is 6.86. The number of aliphatic hydroxyl groups is 1. The zero-order chi connectivity index (χ0) is 24.6. The van der Waals surface area contributed by atoms with E-state index in [9.17, 15) is 14.3 Å². The minimum absolute atomic E-state index is 0.00335. The maximum atomic E-state index is 13.9. The summed E-state index contributed by atoms with van der Waals surface area (Å²) in [5.41, 5.74) is 5.07. The van der Waals surface area contributed by atoms with Gasteiger partial charge in [0.1, 0.15) is 19.0 Å². The SMILES string of the molecule is O=C(O)COCC1CCC(Cn2nc(-c3ccccc3CF)c(-c3ccccc3)c2CCO)CC1. The molecule has 186 valence electrons. The van der Waals surface area contributed by atoms with Crippen LogP contribution in [0.1, 0.15) is 36.9 Å². The van der Waals surface area contributed by atoms with Gasteiger partial charge in [-0.25, -0.2) is 9.18 Å². The molecule has 0 spiro atoms. The summed E-state index contributed by atoms with van der Waals surface area (Å²) in [4.78, 5) is 10.7. The first-order valence-corrected chi connectivity index (χ1v) is 12.3. The topological polar surface area (TPSA) is 84.6 Å². The molecule has 0 unspecified atom stereocenters. The molecule has 7 heteroatoms. The van der Waals surface area contributed by atoms with Crippen molar-refractivity contribution in [2.45, 2.75) is 45.3 Å². The Kier molecular flexibility index (Phi) is 8.66. The van der Waals surface area contributed by atoms with Crippen LogP contribution in [0.2, 0.25) is 0 Å². The second-order valence-electron chi connectivity index (χ2n) is 9.28. The first kappa shape index (κ1) is 25.1. The summed E-state index contributed by atoms with van der Waals surface area (Å²) in [7, 11) is 0. The molecule has 0 bridgehead atoms. The van der Waals surface area contributed by atoms with E-state index in [4.69, 9.17) is 14.9 Å². The number of aliphatic carboxylic acids is 1. The van der Waals surface area contributed by atoms with Gasteiger partial charge >= 0.3 is 5.97 Å². The lowest BCUT2D eigenvalue weighted by Gasteiger charge is -2.28. The minimum atomic E-state index is -0.937. The van der Waals surface area contributed by atoms with Crippen molar-refractivity contribution in [2.24, 2.45) is 11.8 Å². The van der Waals surface area contributed by atoms with Crippen LogP contribution in [0.5, 0.6) is 0 Å². The maximum absolute atomic E-state index is 13.9. The molecule has 0 aliphatic heterocycles. The number of aliphatic hydroxyl groups excluding tert-OH is 1. The summed E-state index contributed by atoms with van der Waals surface area (Å²) < 4.78 is 21.2. The Hall–Kier alpha value is -3.03. The summed E-state index contributed by atoms with van der Waals surface area (Å²) in [6.45, 7) is 0.404. The van der Waals surface area contributed by atoms with Crippen LogP contribution in [-0.4, -0.2) is 45.8 Å². The average molecular weight is 481 g/mol. The van der Waals surface area contributed by atoms with Crippen LogP contribution in [0, 0.1) is 11.8 Å². The van der Waals surface area contributed by atoms with Crippen molar-refractivity contribution in [2.75, 3.05) is 19.8 Å². The first-order chi connectivity index (χ1) is 17.1. The number of carbonyl (C=O) groups is 1. The van der Waals surface area contributed by atoms with Gasteiger partial charge in [-0.05, 0) is 48.6 Å². The monoisotopic (exact) mass is 480 g/mol. The molecule has 2 N–H and O–H groups in total. The van der Waals surface area contributed by atoms with Crippen LogP contribution in [-0.2, 0) is 29.2 Å². The molecule has 35 heavy (non-hydrogen) atoms. The predicted octanol–water partition coefficient (Wildman–Crippen LogP) is 5.13. The molecule has 2 aromatic carbocycles. The van der Waals surface area contributed by atoms with Crippen LogP contribution in [0.25, 0.3) is 22.4 Å². The van der Waals surface area contributed by atoms with Gasteiger partial charge in [-0.15, -0.1) is 0 Å². The molecule has 1 aromatic heterocycles. The third-order valence-corrected chi connectivity index (χ3v) is 6.86. The minimum Gasteiger partial charge on any atom is -0.480 e. The van der Waals surface area contributed by atoms with Gasteiger partial charge in [0.15, 0.2) is 0 Å². The Balaban J connectivity index is 1.62. The normalized spacial score (nSPS) is 18.0. The number of ether oxygens (including phenoxy) is 1. The van der Waals surface area contributed by atoms with Crippen LogP contribution < -0.4 is 0 Å². The van der Waals surface area contributed by atoms with E-state index in [1.54, 1.807) is 6.07 Å². The summed E-state index contributed by atoms with van der Waals surface area (Å²) in [5, 5.41) is 23.7. The number of benzene rings is 2. The molecule has 0 atom stereocenters. The maximum Gasteiger partial charge on any atom is 0.329 e. The van der Waals surface area contributed by atoms with Crippen molar-refractivity contribution in [3.05, 3.63) is 65.9 Å². The van der Waals surface area contributed by atoms with E-state index in [2.05, 4.69) is 0 Å². The fourth-order valence-corrected chi connectivity index (χ4v) is 5.11. The van der Waals surface area contributed by atoms with Crippen molar-refractivity contribution < 1.29 is 24.1 Å². The lowest BCUT2D eigenvalue weighted by atomic mass is 9.82. The van der Waals surface area contributed by atoms with Crippen molar-refractivity contribution >= 4 is 5.97 Å². The molecular formula is C28H33FN2O4. The van der Waals surface area contributed by atoms with Gasteiger partial charge in [-0.2, -0.15) is 5.10 Å². The molecule has 0 amide bonds. The number of alkyl halides is 1. The number of carboxylic acids is 1. The van der Waals surface area contributed by atoms with Crippen molar-refractivity contribution in [3.63, 3.8) is 0 Å². The average Bonchev–Trinajstić information content (AvgIpc) is 3.23. The lowest BCUT2D eigenvalue weighted by molar-refractivity contribution is -0.142. The van der Waals surface area contributed by atoms with Gasteiger partial charge in [-0.1, -0.05) is 54.6 Å². The lowest BCUT2D eigenvalue weighted by Crippen LogP contribution is -2.24. The van der Waals surface area contributed by atoms with Crippen molar-refractivity contribution in [1.82, 2.24) is 9.78 Å². The molecule has 1 fully saturated rings. The fraction of sp³-hybridized carbons (Fsp3) is 0.429. The van der Waals surface area contributed by atoms with Gasteiger partial charge < -0.3 is 14.9 Å². The second-order valence-corrected chi connectivity index (χ2v) is 9.28. The Morgan fingerprint density at radius 2 is 1.71 bits per heavy atom. The number of carboxylic acid groups (broad SMARTS) is 1. The number of hydrogen-bond acceptors (Lipinski definition) is 4. The van der Waals surface area contributed by atoms with Gasteiger partial charge in [0.05, 0.1) is 6.61 Å². The Morgan fingerprint density at radius 1 is 1.03 bits per heavy atom. The second kappa shape index (κ2) is 12.1. The molecule has 0 saturated heterocycles. The van der Waals surface area contributed by atoms with E-state index in [0.717, 1.165) is 60.3 Å². The van der Waals surface area contributed by atoms with E-state index in [1.807, 2.05) is 53.2 Å². The zero-order valence-electron chi connectivity index (χ0n) is 19.9. The van der Waals surface area contributed by atoms with Gasteiger partial charge in [-0.3, -0.25) is 4.68 Å². The van der Waals surface area contributed by atoms with Crippen LogP contribution in [0.15, 0.2) is 54.6 Å². The number of halogens is 1. The van der Waals surface area contributed by atoms with Crippen molar-refractivity contribution in [1.29, 1.82) is 0 Å². The van der Waals surface area contributed by atoms with E-state index < -0.39 is 12.6 Å². The van der Waals surface area contributed by atoms with E-state index in [1.165, 1.54) is 0 Å². The smallest absolute Gasteiger partial charge is 0.329 e. The third kappa shape index (κ3) is 6.16. The Bertz CT molecular complexity index is 1110. The predicted molar refractivity (Wildman–Crippen MR) is 133 cm³/mol. The standard InChI is InChI=1S/C28H33FN2O4/c29-16-23-8-4-5-9-24(23)28-27(22-6-2-1-3-7-22)25(14-15-32)31(30-28)17-20-10-12-21(13-11-20)18-35-19-26(33)34/h1-9,20-21,32H,10-19H2,(H,33,34).